The summed E-state index contributed by atoms with van der Waals surface area (Å²) in [5.41, 5.74) is 2.86. The Bertz CT molecular complexity index is 1310. The number of aromatic nitrogens is 3. The third-order valence-corrected chi connectivity index (χ3v) is 7.16. The molecule has 2 aromatic heterocycles. The minimum absolute atomic E-state index is 0.0746. The number of halogens is 1. The molecule has 36 heavy (non-hydrogen) atoms. The van der Waals surface area contributed by atoms with Gasteiger partial charge in [-0.3, -0.25) is 14.4 Å². The van der Waals surface area contributed by atoms with Crippen LogP contribution in [0.2, 0.25) is 0 Å². The number of alkyl halides is 1. The van der Waals surface area contributed by atoms with Crippen molar-refractivity contribution in [2.45, 2.75) is 63.5 Å². The van der Waals surface area contributed by atoms with Crippen molar-refractivity contribution in [3.05, 3.63) is 48.4 Å². The van der Waals surface area contributed by atoms with Crippen molar-refractivity contribution < 1.29 is 23.9 Å². The molecule has 0 radical (unpaired) electrons. The van der Waals surface area contributed by atoms with Crippen molar-refractivity contribution in [1.82, 2.24) is 25.0 Å². The molecular weight excluding hydrogens is 465 g/mol. The fourth-order valence-corrected chi connectivity index (χ4v) is 5.28. The zero-order chi connectivity index (χ0) is 25.4. The van der Waals surface area contributed by atoms with Crippen LogP contribution in [0, 0.1) is 0 Å². The molecule has 1 aliphatic carbocycles. The average Bonchev–Trinajstić information content (AvgIpc) is 3.56. The number of benzene rings is 1. The lowest BCUT2D eigenvalue weighted by atomic mass is 10.0. The summed E-state index contributed by atoms with van der Waals surface area (Å²) in [5.74, 6) is -0.989. The average molecular weight is 494 g/mol. The monoisotopic (exact) mass is 493 g/mol. The van der Waals surface area contributed by atoms with Gasteiger partial charge in [0.05, 0.1) is 31.1 Å². The molecular formula is C26H28FN5O4. The first-order valence-corrected chi connectivity index (χ1v) is 12.1. The summed E-state index contributed by atoms with van der Waals surface area (Å²) in [6.07, 6.45) is 4.93. The summed E-state index contributed by atoms with van der Waals surface area (Å²) in [4.78, 5) is 39.9. The van der Waals surface area contributed by atoms with Crippen molar-refractivity contribution in [3.8, 4) is 11.1 Å². The molecule has 2 fully saturated rings. The van der Waals surface area contributed by atoms with Gasteiger partial charge in [0, 0.05) is 34.6 Å². The Morgan fingerprint density at radius 2 is 2.00 bits per heavy atom. The summed E-state index contributed by atoms with van der Waals surface area (Å²) in [6, 6.07) is 6.10. The second kappa shape index (κ2) is 9.77. The van der Waals surface area contributed by atoms with Crippen molar-refractivity contribution >= 4 is 28.5 Å². The molecule has 3 heterocycles. The molecule has 1 saturated carbocycles. The van der Waals surface area contributed by atoms with Crippen molar-refractivity contribution in [3.63, 3.8) is 0 Å². The standard InChI is InChI=1S/C26H28FN5O4/c1-15(33)20-13-31(22-6-5-16(9-19(20)22)17-7-8-28-29-11-17)14-25(35)32-12-18(27)10-23(32)26(36)30-21-3-2-4-24(21)34/h5-9,11,13,18,21,23-24,34H,2-4,10,12,14H2,1H3,(H,30,36)/t18-,21-,23?,24-/m1/s1. The summed E-state index contributed by atoms with van der Waals surface area (Å²) >= 11 is 0. The topological polar surface area (TPSA) is 117 Å². The van der Waals surface area contributed by atoms with Crippen LogP contribution in [0.25, 0.3) is 22.0 Å². The Kier molecular flexibility index (Phi) is 6.53. The molecule has 0 spiro atoms. The predicted octanol–water partition coefficient (Wildman–Crippen LogP) is 2.27. The summed E-state index contributed by atoms with van der Waals surface area (Å²) in [5, 5.41) is 21.2. The van der Waals surface area contributed by atoms with E-state index < -0.39 is 30.1 Å². The molecule has 4 atom stereocenters. The minimum Gasteiger partial charge on any atom is -0.391 e. The van der Waals surface area contributed by atoms with Gasteiger partial charge in [-0.1, -0.05) is 6.07 Å². The smallest absolute Gasteiger partial charge is 0.243 e. The highest BCUT2D eigenvalue weighted by molar-refractivity contribution is 6.08. The molecule has 10 heteroatoms. The zero-order valence-electron chi connectivity index (χ0n) is 19.9. The molecule has 3 aromatic rings. The van der Waals surface area contributed by atoms with E-state index in [1.165, 1.54) is 11.8 Å². The fraction of sp³-hybridized carbons (Fsp3) is 0.423. The van der Waals surface area contributed by atoms with E-state index in [-0.39, 0.29) is 31.3 Å². The van der Waals surface area contributed by atoms with E-state index in [0.717, 1.165) is 17.5 Å². The van der Waals surface area contributed by atoms with Crippen LogP contribution >= 0.6 is 0 Å². The summed E-state index contributed by atoms with van der Waals surface area (Å²) < 4.78 is 16.0. The Hall–Kier alpha value is -3.66. The number of Topliss-reactive ketones (excluding diaryl/α,β-unsaturated/α-hetero) is 1. The second-order valence-electron chi connectivity index (χ2n) is 9.60. The maximum Gasteiger partial charge on any atom is 0.243 e. The van der Waals surface area contributed by atoms with E-state index in [4.69, 9.17) is 0 Å². The van der Waals surface area contributed by atoms with E-state index in [2.05, 4.69) is 15.5 Å². The van der Waals surface area contributed by atoms with E-state index in [0.29, 0.717) is 29.3 Å². The third kappa shape index (κ3) is 4.60. The Balaban J connectivity index is 1.39. The number of carbonyl (C=O) groups excluding carboxylic acids is 3. The first-order valence-electron chi connectivity index (χ1n) is 12.1. The highest BCUT2D eigenvalue weighted by Crippen LogP contribution is 2.29. The van der Waals surface area contributed by atoms with Crippen LogP contribution in [0.3, 0.4) is 0 Å². The predicted molar refractivity (Wildman–Crippen MR) is 130 cm³/mol. The number of hydrogen-bond donors (Lipinski definition) is 2. The molecule has 1 saturated heterocycles. The van der Waals surface area contributed by atoms with Crippen LogP contribution in [0.15, 0.2) is 42.9 Å². The van der Waals surface area contributed by atoms with E-state index in [9.17, 15) is 23.9 Å². The zero-order valence-corrected chi connectivity index (χ0v) is 19.9. The van der Waals surface area contributed by atoms with E-state index in [1.807, 2.05) is 24.3 Å². The maximum atomic E-state index is 14.4. The molecule has 2 amide bonds. The van der Waals surface area contributed by atoms with Gasteiger partial charge in [-0.25, -0.2) is 4.39 Å². The molecule has 5 rings (SSSR count). The highest BCUT2D eigenvalue weighted by atomic mass is 19.1. The molecule has 1 unspecified atom stereocenters. The number of hydrogen-bond acceptors (Lipinski definition) is 6. The van der Waals surface area contributed by atoms with Crippen LogP contribution in [0.5, 0.6) is 0 Å². The Morgan fingerprint density at radius 1 is 1.17 bits per heavy atom. The number of aliphatic hydroxyl groups excluding tert-OH is 1. The normalized spacial score (nSPS) is 23.8. The van der Waals surface area contributed by atoms with Crippen LogP contribution in [-0.4, -0.2) is 73.3 Å². The van der Waals surface area contributed by atoms with E-state index >= 15 is 0 Å². The van der Waals surface area contributed by atoms with Crippen LogP contribution < -0.4 is 5.32 Å². The van der Waals surface area contributed by atoms with Gasteiger partial charge < -0.3 is 19.9 Å². The van der Waals surface area contributed by atoms with Gasteiger partial charge in [0.25, 0.3) is 0 Å². The molecule has 188 valence electrons. The first-order chi connectivity index (χ1) is 17.3. The van der Waals surface area contributed by atoms with Crippen LogP contribution in [-0.2, 0) is 16.1 Å². The van der Waals surface area contributed by atoms with Gasteiger partial charge in [0.1, 0.15) is 18.8 Å². The van der Waals surface area contributed by atoms with Crippen molar-refractivity contribution in [1.29, 1.82) is 0 Å². The van der Waals surface area contributed by atoms with Gasteiger partial charge in [-0.05, 0) is 49.9 Å². The van der Waals surface area contributed by atoms with E-state index in [1.54, 1.807) is 23.2 Å². The lowest BCUT2D eigenvalue weighted by Crippen LogP contribution is -2.51. The van der Waals surface area contributed by atoms with Crippen LogP contribution in [0.1, 0.15) is 43.0 Å². The number of ketones is 1. The number of likely N-dealkylation sites (tertiary alicyclic amines) is 1. The Labute approximate surface area is 207 Å². The summed E-state index contributed by atoms with van der Waals surface area (Å²) in [6.45, 7) is 1.16. The lowest BCUT2D eigenvalue weighted by Gasteiger charge is -2.26. The first kappa shape index (κ1) is 24.1. The van der Waals surface area contributed by atoms with Gasteiger partial charge in [0.15, 0.2) is 5.78 Å². The minimum atomic E-state index is -1.30. The number of fused-ring (bicyclic) bond motifs is 1. The number of amides is 2. The molecule has 1 aliphatic heterocycles. The molecule has 1 aromatic carbocycles. The fourth-order valence-electron chi connectivity index (χ4n) is 5.28. The largest absolute Gasteiger partial charge is 0.391 e. The molecule has 2 aliphatic rings. The van der Waals surface area contributed by atoms with Gasteiger partial charge in [-0.2, -0.15) is 10.2 Å². The lowest BCUT2D eigenvalue weighted by molar-refractivity contribution is -0.139. The number of nitrogens with zero attached hydrogens (tertiary/aromatic N) is 4. The van der Waals surface area contributed by atoms with Gasteiger partial charge in [0.2, 0.25) is 11.8 Å². The molecule has 0 bridgehead atoms. The number of rotatable bonds is 6. The Morgan fingerprint density at radius 3 is 2.69 bits per heavy atom. The van der Waals surface area contributed by atoms with Crippen LogP contribution in [0.4, 0.5) is 4.39 Å². The maximum absolute atomic E-state index is 14.4. The number of aliphatic hydroxyl groups is 1. The van der Waals surface area contributed by atoms with Crippen molar-refractivity contribution in [2.24, 2.45) is 0 Å². The third-order valence-electron chi connectivity index (χ3n) is 7.16. The quantitative estimate of drug-likeness (QED) is 0.509. The van der Waals surface area contributed by atoms with Crippen molar-refractivity contribution in [2.75, 3.05) is 6.54 Å². The second-order valence-corrected chi connectivity index (χ2v) is 9.60. The molecule has 9 nitrogen and oxygen atoms in total. The number of nitrogens with one attached hydrogen (secondary N) is 1. The number of carbonyl (C=O) groups is 3. The van der Waals surface area contributed by atoms with Gasteiger partial charge >= 0.3 is 0 Å². The summed E-state index contributed by atoms with van der Waals surface area (Å²) in [7, 11) is 0. The highest BCUT2D eigenvalue weighted by Gasteiger charge is 2.41. The molecule has 2 N–H and O–H groups in total. The SMILES string of the molecule is CC(=O)c1cn(CC(=O)N2C[C@H](F)CC2C(=O)N[C@@H]2CCC[C@H]2O)c2ccc(-c3ccnnc3)cc12. The van der Waals surface area contributed by atoms with Gasteiger partial charge in [-0.15, -0.1) is 0 Å².